The van der Waals surface area contributed by atoms with Gasteiger partial charge in [-0.1, -0.05) is 30.3 Å². The Morgan fingerprint density at radius 1 is 0.870 bits per heavy atom. The third kappa shape index (κ3) is 9.56. The molecule has 0 aliphatic carbocycles. The molecule has 1 aliphatic heterocycles. The topological polar surface area (TPSA) is 166 Å². The molecule has 1 fully saturated rings. The van der Waals surface area contributed by atoms with Gasteiger partial charge in [0, 0.05) is 24.6 Å². The second kappa shape index (κ2) is 15.3. The number of hydrogen-bond donors (Lipinski definition) is 1. The van der Waals surface area contributed by atoms with Crippen molar-refractivity contribution in [3.05, 3.63) is 95.8 Å². The predicted octanol–water partition coefficient (Wildman–Crippen LogP) is 2.60. The molecule has 1 aliphatic rings. The van der Waals surface area contributed by atoms with E-state index >= 15 is 0 Å². The molecule has 0 atom stereocenters. The highest BCUT2D eigenvalue weighted by Crippen LogP contribution is 2.25. The van der Waals surface area contributed by atoms with Gasteiger partial charge in [-0.05, 0) is 80.0 Å². The van der Waals surface area contributed by atoms with Crippen molar-refractivity contribution in [2.24, 2.45) is 5.92 Å². The molecule has 0 aromatic heterocycles. The van der Waals surface area contributed by atoms with Crippen LogP contribution in [0.5, 0.6) is 5.75 Å². The number of piperidine rings is 1. The lowest BCUT2D eigenvalue weighted by molar-refractivity contribution is -0.155. The van der Waals surface area contributed by atoms with Gasteiger partial charge < -0.3 is 18.0 Å². The number of carbonyl (C=O) groups excluding carboxylic acids is 3. The maximum absolute atomic E-state index is 13.3. The molecule has 1 saturated heterocycles. The SMILES string of the molecule is COc1ccc(N(CCN2CCC(C(=O)c3ccc(F)cc3)CC2)S(=O)(=O)OC(=O)C(=O)OS(=O)(=O)NCc2ccccc2)cc1. The molecule has 0 saturated carbocycles. The number of benzene rings is 3. The number of carbonyl (C=O) groups is 3. The normalized spacial score (nSPS) is 14.3. The van der Waals surface area contributed by atoms with Gasteiger partial charge in [0.1, 0.15) is 11.6 Å². The van der Waals surface area contributed by atoms with Crippen LogP contribution >= 0.6 is 0 Å². The van der Waals surface area contributed by atoms with E-state index in [0.29, 0.717) is 42.8 Å². The molecule has 46 heavy (non-hydrogen) atoms. The van der Waals surface area contributed by atoms with Crippen molar-refractivity contribution in [3.63, 3.8) is 0 Å². The molecule has 4 rings (SSSR count). The first kappa shape index (κ1) is 34.5. The van der Waals surface area contributed by atoms with Crippen molar-refractivity contribution in [1.29, 1.82) is 0 Å². The molecule has 1 N–H and O–H groups in total. The van der Waals surface area contributed by atoms with Gasteiger partial charge in [0.05, 0.1) is 19.3 Å². The zero-order valence-electron chi connectivity index (χ0n) is 24.7. The number of likely N-dealkylation sites (tertiary alicyclic amines) is 1. The Morgan fingerprint density at radius 3 is 2.09 bits per heavy atom. The smallest absolute Gasteiger partial charge is 0.435 e. The number of halogens is 1. The molecular weight excluding hydrogens is 645 g/mol. The number of ether oxygens (including phenoxy) is 1. The predicted molar refractivity (Wildman–Crippen MR) is 164 cm³/mol. The highest BCUT2D eigenvalue weighted by molar-refractivity contribution is 7.88. The minimum atomic E-state index is -5.00. The van der Waals surface area contributed by atoms with Gasteiger partial charge in [-0.25, -0.2) is 18.3 Å². The number of methoxy groups -OCH3 is 1. The van der Waals surface area contributed by atoms with Crippen molar-refractivity contribution in [3.8, 4) is 5.75 Å². The van der Waals surface area contributed by atoms with Crippen molar-refractivity contribution in [1.82, 2.24) is 9.62 Å². The molecule has 0 spiro atoms. The molecule has 0 amide bonds. The van der Waals surface area contributed by atoms with E-state index in [-0.39, 0.29) is 37.0 Å². The highest BCUT2D eigenvalue weighted by atomic mass is 32.2. The van der Waals surface area contributed by atoms with E-state index in [1.54, 1.807) is 30.3 Å². The second-order valence-corrected chi connectivity index (χ2v) is 13.0. The maximum atomic E-state index is 13.3. The van der Waals surface area contributed by atoms with Gasteiger partial charge in [-0.2, -0.15) is 21.6 Å². The molecule has 0 bridgehead atoms. The van der Waals surface area contributed by atoms with Crippen LogP contribution in [0.15, 0.2) is 78.9 Å². The summed E-state index contributed by atoms with van der Waals surface area (Å²) in [5.74, 6) is -4.53. The van der Waals surface area contributed by atoms with Crippen molar-refractivity contribution in [2.45, 2.75) is 19.4 Å². The summed E-state index contributed by atoms with van der Waals surface area (Å²) in [7, 11) is -8.36. The summed E-state index contributed by atoms with van der Waals surface area (Å²) in [5.41, 5.74) is 1.02. The monoisotopic (exact) mass is 677 g/mol. The zero-order valence-corrected chi connectivity index (χ0v) is 26.3. The second-order valence-electron chi connectivity index (χ2n) is 10.2. The minimum Gasteiger partial charge on any atom is -0.497 e. The summed E-state index contributed by atoms with van der Waals surface area (Å²) >= 11 is 0. The standard InChI is InChI=1S/C30H32FN3O10S2/c1-42-27-13-11-26(12-14-27)34(20-19-33-17-15-24(16-18-33)28(35)23-7-9-25(31)10-8-23)46(40,41)44-30(37)29(36)43-45(38,39)32-21-22-5-3-2-4-6-22/h2-14,24,32H,15-21H2,1H3. The van der Waals surface area contributed by atoms with E-state index in [0.717, 1.165) is 4.31 Å². The molecule has 0 unspecified atom stereocenters. The van der Waals surface area contributed by atoms with Gasteiger partial charge in [0.15, 0.2) is 5.78 Å². The largest absolute Gasteiger partial charge is 0.497 e. The number of nitrogens with one attached hydrogen (secondary N) is 1. The maximum Gasteiger partial charge on any atom is 0.435 e. The van der Waals surface area contributed by atoms with Crippen LogP contribution in [0.2, 0.25) is 0 Å². The average Bonchev–Trinajstić information content (AvgIpc) is 3.04. The Kier molecular flexibility index (Phi) is 11.4. The summed E-state index contributed by atoms with van der Waals surface area (Å²) in [6, 6.07) is 19.3. The molecule has 0 radical (unpaired) electrons. The van der Waals surface area contributed by atoms with Crippen LogP contribution in [-0.4, -0.2) is 72.7 Å². The van der Waals surface area contributed by atoms with Crippen LogP contribution in [0, 0.1) is 11.7 Å². The van der Waals surface area contributed by atoms with E-state index in [1.807, 2.05) is 9.62 Å². The first-order valence-corrected chi connectivity index (χ1v) is 16.8. The van der Waals surface area contributed by atoms with E-state index < -0.39 is 38.4 Å². The third-order valence-electron chi connectivity index (χ3n) is 7.17. The number of hydrogen-bond acceptors (Lipinski definition) is 11. The van der Waals surface area contributed by atoms with Gasteiger partial charge in [-0.3, -0.25) is 4.79 Å². The molecule has 1 heterocycles. The lowest BCUT2D eigenvalue weighted by atomic mass is 9.89. The first-order valence-electron chi connectivity index (χ1n) is 14.1. The van der Waals surface area contributed by atoms with E-state index in [9.17, 15) is 35.6 Å². The van der Waals surface area contributed by atoms with E-state index in [2.05, 4.69) is 8.37 Å². The van der Waals surface area contributed by atoms with Crippen molar-refractivity contribution < 1.29 is 48.7 Å². The Morgan fingerprint density at radius 2 is 1.48 bits per heavy atom. The number of Topliss-reactive ketones (excluding diaryl/α,β-unsaturated/α-hetero) is 1. The summed E-state index contributed by atoms with van der Waals surface area (Å²) in [4.78, 5) is 39.4. The van der Waals surface area contributed by atoms with Crippen LogP contribution in [0.25, 0.3) is 0 Å². The van der Waals surface area contributed by atoms with Gasteiger partial charge in [0.25, 0.3) is 0 Å². The van der Waals surface area contributed by atoms with Gasteiger partial charge in [-0.15, -0.1) is 0 Å². The number of nitrogens with zero attached hydrogens (tertiary/aromatic N) is 2. The fourth-order valence-electron chi connectivity index (χ4n) is 4.72. The molecule has 246 valence electrons. The van der Waals surface area contributed by atoms with Crippen molar-refractivity contribution >= 4 is 44.0 Å². The lowest BCUT2D eigenvalue weighted by Crippen LogP contribution is -2.44. The number of rotatable bonds is 13. The van der Waals surface area contributed by atoms with Crippen molar-refractivity contribution in [2.75, 3.05) is 37.6 Å². The lowest BCUT2D eigenvalue weighted by Gasteiger charge is -2.33. The van der Waals surface area contributed by atoms with Gasteiger partial charge >= 0.3 is 32.5 Å². The summed E-state index contributed by atoms with van der Waals surface area (Å²) in [6.07, 6.45) is 0.970. The molecular formula is C30H32FN3O10S2. The third-order valence-corrected chi connectivity index (χ3v) is 9.33. The van der Waals surface area contributed by atoms with E-state index in [1.165, 1.54) is 55.6 Å². The number of ketones is 1. The quantitative estimate of drug-likeness (QED) is 0.209. The fraction of sp³-hybridized carbons (Fsp3) is 0.300. The van der Waals surface area contributed by atoms with Crippen LogP contribution in [-0.2, 0) is 45.1 Å². The van der Waals surface area contributed by atoms with Crippen LogP contribution < -0.4 is 13.8 Å². The Hall–Kier alpha value is -4.38. The molecule has 3 aromatic carbocycles. The summed E-state index contributed by atoms with van der Waals surface area (Å²) in [5, 5.41) is 0. The summed E-state index contributed by atoms with van der Waals surface area (Å²) < 4.78 is 80.6. The van der Waals surface area contributed by atoms with E-state index in [4.69, 9.17) is 4.74 Å². The fourth-order valence-corrected chi connectivity index (χ4v) is 6.43. The minimum absolute atomic E-state index is 0.0699. The van der Waals surface area contributed by atoms with Gasteiger partial charge in [0.2, 0.25) is 0 Å². The van der Waals surface area contributed by atoms with Crippen LogP contribution in [0.1, 0.15) is 28.8 Å². The Bertz CT molecular complexity index is 1730. The summed E-state index contributed by atoms with van der Waals surface area (Å²) in [6.45, 7) is 0.571. The highest BCUT2D eigenvalue weighted by Gasteiger charge is 2.34. The van der Waals surface area contributed by atoms with Crippen LogP contribution in [0.4, 0.5) is 10.1 Å². The number of anilines is 1. The molecule has 3 aromatic rings. The first-order chi connectivity index (χ1) is 21.9. The van der Waals surface area contributed by atoms with Crippen LogP contribution in [0.3, 0.4) is 0 Å². The molecule has 13 nitrogen and oxygen atoms in total. The molecule has 16 heteroatoms. The average molecular weight is 678 g/mol. The Labute approximate surface area is 266 Å². The Balaban J connectivity index is 1.38. The zero-order chi connectivity index (χ0) is 33.3.